The van der Waals surface area contributed by atoms with Crippen molar-refractivity contribution in [2.75, 3.05) is 0 Å². The van der Waals surface area contributed by atoms with E-state index in [1.165, 1.54) is 0 Å². The second kappa shape index (κ2) is 5.38. The van der Waals surface area contributed by atoms with Gasteiger partial charge in [0.25, 0.3) is 0 Å². The summed E-state index contributed by atoms with van der Waals surface area (Å²) in [6, 6.07) is 7.46. The fraction of sp³-hybridized carbons (Fsp3) is 0.0588. The van der Waals surface area contributed by atoms with E-state index < -0.39 is 0 Å². The molecule has 3 N–H and O–H groups in total. The molecule has 2 bridgehead atoms. The number of nitroso groups, excluding NO2 is 1. The number of para-hydroxylation sites is 1. The Kier molecular flexibility index (Phi) is 3.33. The Morgan fingerprint density at radius 1 is 1.22 bits per heavy atom. The predicted octanol–water partition coefficient (Wildman–Crippen LogP) is 4.93. The standard InChI is InChI=1S/C17H12IN3O2/c18-12-6-5-9-7-11(17(22)20-14(12)8-9)15-16(21-23)10-3-1-2-4-13(10)19-15/h1-7,19-20,22H,8H2. The molecule has 2 aliphatic rings. The van der Waals surface area contributed by atoms with Crippen molar-refractivity contribution in [2.24, 2.45) is 5.18 Å². The van der Waals surface area contributed by atoms with Crippen LogP contribution in [-0.4, -0.2) is 10.1 Å². The van der Waals surface area contributed by atoms with E-state index in [4.69, 9.17) is 0 Å². The van der Waals surface area contributed by atoms with Crippen molar-refractivity contribution in [1.29, 1.82) is 0 Å². The van der Waals surface area contributed by atoms with Crippen LogP contribution in [0.4, 0.5) is 5.69 Å². The molecule has 0 fully saturated rings. The summed E-state index contributed by atoms with van der Waals surface area (Å²) in [4.78, 5) is 14.6. The summed E-state index contributed by atoms with van der Waals surface area (Å²) in [5, 5.41) is 17.5. The van der Waals surface area contributed by atoms with Crippen molar-refractivity contribution in [1.82, 2.24) is 10.3 Å². The maximum Gasteiger partial charge on any atom is 0.198 e. The topological polar surface area (TPSA) is 77.5 Å². The maximum absolute atomic E-state index is 11.4. The summed E-state index contributed by atoms with van der Waals surface area (Å²) < 4.78 is 1.05. The van der Waals surface area contributed by atoms with Crippen molar-refractivity contribution >= 4 is 44.8 Å². The molecule has 2 aromatic rings. The van der Waals surface area contributed by atoms with E-state index in [0.717, 1.165) is 25.8 Å². The van der Waals surface area contributed by atoms with E-state index in [-0.39, 0.29) is 5.88 Å². The number of hydrogen-bond donors (Lipinski definition) is 3. The molecule has 23 heavy (non-hydrogen) atoms. The largest absolute Gasteiger partial charge is 0.494 e. The maximum atomic E-state index is 11.4. The van der Waals surface area contributed by atoms with E-state index in [2.05, 4.69) is 38.1 Å². The van der Waals surface area contributed by atoms with Gasteiger partial charge in [0.05, 0.1) is 11.3 Å². The molecule has 4 rings (SSSR count). The van der Waals surface area contributed by atoms with Gasteiger partial charge in [-0.25, -0.2) is 0 Å². The van der Waals surface area contributed by atoms with Gasteiger partial charge < -0.3 is 15.4 Å². The smallest absolute Gasteiger partial charge is 0.198 e. The van der Waals surface area contributed by atoms with Gasteiger partial charge >= 0.3 is 0 Å². The number of aliphatic hydroxyl groups excluding tert-OH is 1. The van der Waals surface area contributed by atoms with E-state index >= 15 is 0 Å². The lowest BCUT2D eigenvalue weighted by atomic mass is 10.0. The third-order valence-electron chi connectivity index (χ3n) is 4.01. The first-order valence-corrected chi connectivity index (χ1v) is 8.17. The molecule has 1 aromatic carbocycles. The lowest BCUT2D eigenvalue weighted by molar-refractivity contribution is 0.381. The zero-order valence-electron chi connectivity index (χ0n) is 11.9. The van der Waals surface area contributed by atoms with Crippen molar-refractivity contribution < 1.29 is 5.11 Å². The van der Waals surface area contributed by atoms with Gasteiger partial charge in [-0.05, 0) is 51.6 Å². The van der Waals surface area contributed by atoms with Gasteiger partial charge in [-0.15, -0.1) is 4.91 Å². The van der Waals surface area contributed by atoms with Crippen LogP contribution in [0.15, 0.2) is 68.4 Å². The van der Waals surface area contributed by atoms with Crippen molar-refractivity contribution in [2.45, 2.75) is 6.42 Å². The number of fused-ring (bicyclic) bond motifs is 3. The highest BCUT2D eigenvalue weighted by Crippen LogP contribution is 2.38. The quantitative estimate of drug-likeness (QED) is 0.479. The molecule has 2 heterocycles. The van der Waals surface area contributed by atoms with Crippen LogP contribution < -0.4 is 5.32 Å². The molecule has 114 valence electrons. The number of benzene rings is 1. The van der Waals surface area contributed by atoms with Gasteiger partial charge in [0, 0.05) is 26.6 Å². The minimum absolute atomic E-state index is 0.0179. The van der Waals surface area contributed by atoms with Gasteiger partial charge in [0.15, 0.2) is 5.88 Å². The molecule has 6 heteroatoms. The summed E-state index contributed by atoms with van der Waals surface area (Å²) in [7, 11) is 0. The van der Waals surface area contributed by atoms with Gasteiger partial charge in [0.1, 0.15) is 5.69 Å². The Balaban J connectivity index is 1.97. The van der Waals surface area contributed by atoms with Gasteiger partial charge in [-0.1, -0.05) is 24.3 Å². The Morgan fingerprint density at radius 3 is 2.87 bits per heavy atom. The average molecular weight is 417 g/mol. The van der Waals surface area contributed by atoms with E-state index in [1.807, 2.05) is 42.5 Å². The highest BCUT2D eigenvalue weighted by atomic mass is 127. The summed E-state index contributed by atoms with van der Waals surface area (Å²) in [5.41, 5.74) is 4.19. The fourth-order valence-electron chi connectivity index (χ4n) is 2.90. The van der Waals surface area contributed by atoms with Crippen LogP contribution in [0.5, 0.6) is 0 Å². The number of aliphatic hydroxyl groups is 1. The van der Waals surface area contributed by atoms with E-state index in [0.29, 0.717) is 23.4 Å². The number of nitrogens with zero attached hydrogens (tertiary/aromatic N) is 1. The zero-order valence-corrected chi connectivity index (χ0v) is 14.1. The summed E-state index contributed by atoms with van der Waals surface area (Å²) in [6.45, 7) is 0. The van der Waals surface area contributed by atoms with Crippen LogP contribution >= 0.6 is 22.6 Å². The number of H-pyrrole nitrogens is 1. The second-order valence-electron chi connectivity index (χ2n) is 5.43. The van der Waals surface area contributed by atoms with Crippen LogP contribution in [0, 0.1) is 4.91 Å². The molecule has 1 aliphatic carbocycles. The molecule has 0 unspecified atom stereocenters. The Bertz CT molecular complexity index is 963. The van der Waals surface area contributed by atoms with E-state index in [9.17, 15) is 10.0 Å². The minimum Gasteiger partial charge on any atom is -0.494 e. The fourth-order valence-corrected chi connectivity index (χ4v) is 3.41. The van der Waals surface area contributed by atoms with Crippen LogP contribution in [0.3, 0.4) is 0 Å². The molecule has 0 atom stereocenters. The molecule has 0 radical (unpaired) electrons. The highest BCUT2D eigenvalue weighted by molar-refractivity contribution is 14.1. The van der Waals surface area contributed by atoms with Crippen LogP contribution in [0.25, 0.3) is 16.5 Å². The first-order chi connectivity index (χ1) is 11.2. The molecule has 5 nitrogen and oxygen atoms in total. The number of hydrogen-bond acceptors (Lipinski definition) is 4. The number of nitrogens with one attached hydrogen (secondary N) is 2. The Morgan fingerprint density at radius 2 is 2.04 bits per heavy atom. The predicted molar refractivity (Wildman–Crippen MR) is 99.3 cm³/mol. The third kappa shape index (κ3) is 2.29. The van der Waals surface area contributed by atoms with Gasteiger partial charge in [-0.3, -0.25) is 0 Å². The second-order valence-corrected chi connectivity index (χ2v) is 6.59. The lowest BCUT2D eigenvalue weighted by Crippen LogP contribution is -2.14. The molecule has 1 aromatic heterocycles. The van der Waals surface area contributed by atoms with Gasteiger partial charge in [-0.2, -0.15) is 0 Å². The summed E-state index contributed by atoms with van der Waals surface area (Å²) >= 11 is 2.23. The first-order valence-electron chi connectivity index (χ1n) is 7.09. The number of allylic oxidation sites excluding steroid dienone is 6. The average Bonchev–Trinajstić information content (AvgIpc) is 2.86. The molecular weight excluding hydrogens is 405 g/mol. The summed E-state index contributed by atoms with van der Waals surface area (Å²) in [6.07, 6.45) is 6.61. The van der Waals surface area contributed by atoms with E-state index in [1.54, 1.807) is 0 Å². The molecular formula is C17H12IN3O2. The number of rotatable bonds is 2. The van der Waals surface area contributed by atoms with Crippen LogP contribution in [-0.2, 0) is 0 Å². The SMILES string of the molecule is O=Nc1c(C2=C(O)NC3=C(I)C=CC(=C2)C3)[nH]c2ccccc12. The number of aromatic amines is 1. The van der Waals surface area contributed by atoms with Gasteiger partial charge in [0.2, 0.25) is 0 Å². The van der Waals surface area contributed by atoms with Crippen LogP contribution in [0.1, 0.15) is 12.1 Å². The summed E-state index contributed by atoms with van der Waals surface area (Å²) in [5.74, 6) is 0.0179. The highest BCUT2D eigenvalue weighted by Gasteiger charge is 2.23. The van der Waals surface area contributed by atoms with Crippen molar-refractivity contribution in [3.05, 3.63) is 73.8 Å². The minimum atomic E-state index is 0.0179. The zero-order chi connectivity index (χ0) is 16.0. The third-order valence-corrected chi connectivity index (χ3v) is 5.02. The molecule has 0 saturated carbocycles. The first kappa shape index (κ1) is 14.3. The lowest BCUT2D eigenvalue weighted by Gasteiger charge is -2.13. The molecule has 1 aliphatic heterocycles. The monoisotopic (exact) mass is 417 g/mol. The number of halogens is 1. The van der Waals surface area contributed by atoms with Crippen molar-refractivity contribution in [3.63, 3.8) is 0 Å². The van der Waals surface area contributed by atoms with Crippen molar-refractivity contribution in [3.8, 4) is 0 Å². The molecule has 0 saturated heterocycles. The molecule has 0 amide bonds. The van der Waals surface area contributed by atoms with Crippen LogP contribution in [0.2, 0.25) is 0 Å². The number of aromatic nitrogens is 1. The Labute approximate surface area is 145 Å². The molecule has 0 spiro atoms. The Hall–Kier alpha value is -2.35. The normalized spacial score (nSPS) is 17.2.